The van der Waals surface area contributed by atoms with Crippen LogP contribution in [0.25, 0.3) is 5.41 Å². The van der Waals surface area contributed by atoms with Crippen LogP contribution in [0.3, 0.4) is 0 Å². The molecule has 1 N–H and O–H groups in total. The van der Waals surface area contributed by atoms with Crippen molar-refractivity contribution in [2.45, 2.75) is 0 Å². The van der Waals surface area contributed by atoms with Gasteiger partial charge in [0.25, 0.3) is 0 Å². The zero-order valence-corrected chi connectivity index (χ0v) is 11.0. The van der Waals surface area contributed by atoms with E-state index < -0.39 is 5.90 Å². The third-order valence-corrected chi connectivity index (χ3v) is 2.22. The van der Waals surface area contributed by atoms with Crippen LogP contribution in [0.5, 0.6) is 0 Å². The van der Waals surface area contributed by atoms with Gasteiger partial charge in [-0.25, -0.2) is 0 Å². The number of hydrogen-bond acceptors (Lipinski definition) is 3. The third kappa shape index (κ3) is 3.59. The molecule has 14 heavy (non-hydrogen) atoms. The van der Waals surface area contributed by atoms with E-state index in [1.807, 2.05) is 0 Å². The molecule has 1 heterocycles. The fourth-order valence-corrected chi connectivity index (χ4v) is 1.23. The maximum absolute atomic E-state index is 8.75. The van der Waals surface area contributed by atoms with E-state index in [2.05, 4.69) is 39.0 Å². The van der Waals surface area contributed by atoms with Crippen molar-refractivity contribution in [2.24, 2.45) is 4.40 Å². The first kappa shape index (κ1) is 13.9. The van der Waals surface area contributed by atoms with Crippen LogP contribution in [0, 0.1) is 0 Å². The topological polar surface area (TPSA) is 67.8 Å². The van der Waals surface area contributed by atoms with Crippen molar-refractivity contribution < 1.29 is 27.5 Å². The number of aliphatic hydroxyl groups excluding tert-OH is 1. The molecule has 7 heteroatoms. The Morgan fingerprint density at radius 3 is 2.79 bits per heavy atom. The summed E-state index contributed by atoms with van der Waals surface area (Å²) in [6, 6.07) is 3.19. The van der Waals surface area contributed by atoms with E-state index in [4.69, 9.17) is 10.5 Å². The van der Waals surface area contributed by atoms with E-state index >= 15 is 0 Å². The number of rotatable bonds is 2. The van der Waals surface area contributed by atoms with Crippen LogP contribution in [-0.4, -0.2) is 39.1 Å². The molecule has 4 nitrogen and oxygen atoms in total. The van der Waals surface area contributed by atoms with Crippen molar-refractivity contribution in [1.29, 1.82) is 0 Å². The van der Waals surface area contributed by atoms with Gasteiger partial charge in [-0.05, 0) is 0 Å². The van der Waals surface area contributed by atoms with Crippen molar-refractivity contribution in [2.75, 3.05) is 0 Å². The van der Waals surface area contributed by atoms with E-state index in [1.165, 1.54) is 12.3 Å². The average Bonchev–Trinajstić information content (AvgIpc) is 2.08. The molecule has 0 spiro atoms. The molecule has 0 unspecified atom stereocenters. The molecule has 0 amide bonds. The molecule has 1 aromatic heterocycles. The van der Waals surface area contributed by atoms with Gasteiger partial charge in [0.1, 0.15) is 0 Å². The van der Waals surface area contributed by atoms with Gasteiger partial charge in [0.15, 0.2) is 0 Å². The van der Waals surface area contributed by atoms with Crippen molar-refractivity contribution in [3.63, 3.8) is 0 Å². The molecule has 0 saturated carbocycles. The van der Waals surface area contributed by atoms with Crippen LogP contribution in [0.1, 0.15) is 11.4 Å². The Hall–Kier alpha value is -0.0613. The van der Waals surface area contributed by atoms with Crippen LogP contribution >= 0.6 is 12.8 Å². The molecule has 0 aliphatic rings. The molecule has 2 radical (unpaired) electrons. The summed E-state index contributed by atoms with van der Waals surface area (Å²) < 4.78 is 4.32. The van der Waals surface area contributed by atoms with Gasteiger partial charge in [0.2, 0.25) is 0 Å². The first-order valence-electron chi connectivity index (χ1n) is 3.28. The number of nitrogens with zero attached hydrogens (tertiary/aromatic N) is 3. The Bertz CT molecular complexity index is 372. The van der Waals surface area contributed by atoms with Crippen molar-refractivity contribution in [3.8, 4) is 0 Å². The number of hydrogen-bond donors (Lipinski definition) is 2. The fraction of sp³-hybridized carbons (Fsp3) is 0. The molecular formula is C7H5AgAsN3OS. The molecule has 0 atom stereocenters. The molecule has 1 aromatic rings. The predicted molar refractivity (Wildman–Crippen MR) is 56.3 cm³/mol. The fourth-order valence-electron chi connectivity index (χ4n) is 0.742. The molecule has 0 aliphatic carbocycles. The normalized spacial score (nSPS) is 9.86. The van der Waals surface area contributed by atoms with E-state index in [9.17, 15) is 0 Å². The SMILES string of the molecule is [Ag+].[N-]=C(O)c1ccc([As])c(/C=N/S)n1. The first-order chi connectivity index (χ1) is 6.15. The Morgan fingerprint density at radius 2 is 2.29 bits per heavy atom. The average molecular weight is 362 g/mol. The minimum absolute atomic E-state index is 0. The summed E-state index contributed by atoms with van der Waals surface area (Å²) in [5, 5.41) is 17.5. The van der Waals surface area contributed by atoms with Gasteiger partial charge < -0.3 is 0 Å². The first-order valence-corrected chi connectivity index (χ1v) is 4.61. The van der Waals surface area contributed by atoms with Gasteiger partial charge in [0.05, 0.1) is 0 Å². The number of thiol groups is 1. The molecular weight excluding hydrogens is 357 g/mol. The Labute approximate surface area is 111 Å². The summed E-state index contributed by atoms with van der Waals surface area (Å²) in [7, 11) is 0. The summed E-state index contributed by atoms with van der Waals surface area (Å²) >= 11 is 5.96. The summed E-state index contributed by atoms with van der Waals surface area (Å²) in [4.78, 5) is 3.91. The molecule has 76 valence electrons. The van der Waals surface area contributed by atoms with Crippen LogP contribution in [-0.2, 0) is 22.4 Å². The summed E-state index contributed by atoms with van der Waals surface area (Å²) in [5.74, 6) is -0.804. The summed E-state index contributed by atoms with van der Waals surface area (Å²) in [6.45, 7) is 0. The number of aromatic nitrogens is 1. The Balaban J connectivity index is 0.00000169. The Kier molecular flexibility index (Phi) is 6.40. The second-order valence-corrected chi connectivity index (χ2v) is 3.41. The standard InChI is InChI=1S/C7H5AsN3OS.Ag/c8-4-1-2-5(7(9)12)11-6(4)3-10-13;/h1-3H,(H2-,9,11,12,13);/q-1;+1. The van der Waals surface area contributed by atoms with Gasteiger partial charge in [0, 0.05) is 0 Å². The second-order valence-electron chi connectivity index (χ2n) is 2.17. The van der Waals surface area contributed by atoms with Gasteiger partial charge in [-0.1, -0.05) is 0 Å². The summed E-state index contributed by atoms with van der Waals surface area (Å²) in [5.41, 5.74) is 0.645. The number of aliphatic hydroxyl groups is 1. The predicted octanol–water partition coefficient (Wildman–Crippen LogP) is 0.0106. The molecule has 0 saturated heterocycles. The van der Waals surface area contributed by atoms with Gasteiger partial charge in [-0.2, -0.15) is 0 Å². The van der Waals surface area contributed by atoms with E-state index in [0.29, 0.717) is 5.69 Å². The van der Waals surface area contributed by atoms with Gasteiger partial charge >= 0.3 is 112 Å². The summed E-state index contributed by atoms with van der Waals surface area (Å²) in [6.07, 6.45) is 1.42. The van der Waals surface area contributed by atoms with Crippen molar-refractivity contribution >= 4 is 46.1 Å². The number of pyridine rings is 1. The van der Waals surface area contributed by atoms with Crippen LogP contribution in [0.2, 0.25) is 0 Å². The molecule has 1 rings (SSSR count). The zero-order valence-electron chi connectivity index (χ0n) is 6.72. The Morgan fingerprint density at radius 1 is 1.64 bits per heavy atom. The maximum atomic E-state index is 8.75. The monoisotopic (exact) mass is 361 g/mol. The molecule has 0 aliphatic heterocycles. The second kappa shape index (κ2) is 6.43. The van der Waals surface area contributed by atoms with Crippen LogP contribution < -0.4 is 4.35 Å². The third-order valence-electron chi connectivity index (χ3n) is 1.31. The van der Waals surface area contributed by atoms with Crippen molar-refractivity contribution in [1.82, 2.24) is 4.98 Å². The molecule has 0 bridgehead atoms. The zero-order chi connectivity index (χ0) is 9.84. The van der Waals surface area contributed by atoms with E-state index in [-0.39, 0.29) is 28.1 Å². The quantitative estimate of drug-likeness (QED) is 0.337. The van der Waals surface area contributed by atoms with Crippen LogP contribution in [0.4, 0.5) is 0 Å². The van der Waals surface area contributed by atoms with Crippen molar-refractivity contribution in [3.05, 3.63) is 28.9 Å². The van der Waals surface area contributed by atoms with Crippen LogP contribution in [0.15, 0.2) is 16.5 Å². The van der Waals surface area contributed by atoms with E-state index in [0.717, 1.165) is 4.35 Å². The van der Waals surface area contributed by atoms with Gasteiger partial charge in [-0.3, -0.25) is 0 Å². The molecule has 0 aromatic carbocycles. The minimum atomic E-state index is -0.804. The molecule has 0 fully saturated rings. The van der Waals surface area contributed by atoms with Gasteiger partial charge in [-0.15, -0.1) is 0 Å². The van der Waals surface area contributed by atoms with E-state index in [1.54, 1.807) is 6.07 Å².